The molecule has 1 aliphatic rings. The molecule has 0 bridgehead atoms. The Morgan fingerprint density at radius 3 is 2.11 bits per heavy atom. The van der Waals surface area contributed by atoms with Crippen molar-refractivity contribution < 1.29 is 37.8 Å². The molecule has 4 aromatic rings. The summed E-state index contributed by atoms with van der Waals surface area (Å²) in [5.74, 6) is -0.0719. The van der Waals surface area contributed by atoms with Gasteiger partial charge in [-0.25, -0.2) is 14.6 Å². The smallest absolute Gasteiger partial charge is 0.410 e. The number of benzene rings is 1. The molecule has 16 heteroatoms. The van der Waals surface area contributed by atoms with E-state index in [4.69, 9.17) is 28.6 Å². The van der Waals surface area contributed by atoms with Gasteiger partial charge in [0.05, 0.1) is 38.2 Å². The number of nitrogens with zero attached hydrogens (tertiary/aromatic N) is 5. The molecular weight excluding hydrogens is 855 g/mol. The molecule has 0 unspecified atom stereocenters. The summed E-state index contributed by atoms with van der Waals surface area (Å²) in [4.78, 5) is 69.6. The second kappa shape index (κ2) is 20.7. The molecule has 4 heterocycles. The highest BCUT2D eigenvalue weighted by Crippen LogP contribution is 2.37. The second-order valence-electron chi connectivity index (χ2n) is 20.4. The molecule has 1 fully saturated rings. The van der Waals surface area contributed by atoms with Crippen LogP contribution in [-0.4, -0.2) is 101 Å². The van der Waals surface area contributed by atoms with Crippen LogP contribution in [0.4, 0.5) is 15.3 Å². The van der Waals surface area contributed by atoms with Crippen molar-refractivity contribution >= 4 is 38.0 Å². The molecule has 0 saturated carbocycles. The van der Waals surface area contributed by atoms with E-state index in [1.54, 1.807) is 34.3 Å². The Bertz CT molecular complexity index is 2390. The lowest BCUT2D eigenvalue weighted by Crippen LogP contribution is -2.44. The summed E-state index contributed by atoms with van der Waals surface area (Å²) in [5, 5.41) is 6.00. The average molecular weight is 924 g/mol. The monoisotopic (exact) mass is 923 g/mol. The molecule has 0 radical (unpaired) electrons. The number of ether oxygens (including phenoxy) is 3. The van der Waals surface area contributed by atoms with E-state index >= 15 is 0 Å². The van der Waals surface area contributed by atoms with Gasteiger partial charge in [0.1, 0.15) is 16.9 Å². The highest BCUT2D eigenvalue weighted by Gasteiger charge is 2.37. The van der Waals surface area contributed by atoms with Crippen molar-refractivity contribution in [1.29, 1.82) is 0 Å². The van der Waals surface area contributed by atoms with E-state index in [1.807, 2.05) is 91.8 Å². The zero-order chi connectivity index (χ0) is 48.8. The SMILES string of the molecule is COc1nc(-c2ccnc(-c3cccc(NC(=O)c4ccc(CN(CCO[Si](C)(C)C(C)(C)C)C(=O)OC(C)(C)C)cn4)c3C)c2C)ccc1CN(C[C@@H]1CCC(=O)N1)C(=O)OC(C)(C)C. The third-order valence-corrected chi connectivity index (χ3v) is 16.2. The molecule has 1 atom stereocenters. The number of carbonyl (C=O) groups is 4. The normalized spacial score (nSPS) is 14.3. The summed E-state index contributed by atoms with van der Waals surface area (Å²) in [5.41, 5.74) is 5.54. The number of aromatic nitrogens is 3. The van der Waals surface area contributed by atoms with Gasteiger partial charge < -0.3 is 39.1 Å². The van der Waals surface area contributed by atoms with Crippen molar-refractivity contribution in [3.05, 3.63) is 88.9 Å². The van der Waals surface area contributed by atoms with Crippen LogP contribution in [0.2, 0.25) is 18.1 Å². The first-order chi connectivity index (χ1) is 30.7. The van der Waals surface area contributed by atoms with Gasteiger partial charge in [-0.1, -0.05) is 39.0 Å². The number of anilines is 1. The fourth-order valence-electron chi connectivity index (χ4n) is 7.09. The zero-order valence-corrected chi connectivity index (χ0v) is 42.3. The number of nitrogens with one attached hydrogen (secondary N) is 2. The first-order valence-corrected chi connectivity index (χ1v) is 25.4. The van der Waals surface area contributed by atoms with Crippen LogP contribution in [0.3, 0.4) is 0 Å². The molecule has 0 spiro atoms. The van der Waals surface area contributed by atoms with E-state index in [9.17, 15) is 19.2 Å². The number of amides is 4. The Morgan fingerprint density at radius 2 is 1.52 bits per heavy atom. The summed E-state index contributed by atoms with van der Waals surface area (Å²) in [6.07, 6.45) is 3.43. The van der Waals surface area contributed by atoms with Crippen LogP contribution >= 0.6 is 0 Å². The molecule has 1 aromatic carbocycles. The largest absolute Gasteiger partial charge is 0.481 e. The first-order valence-electron chi connectivity index (χ1n) is 22.5. The summed E-state index contributed by atoms with van der Waals surface area (Å²) >= 11 is 0. The van der Waals surface area contributed by atoms with Gasteiger partial charge >= 0.3 is 12.2 Å². The van der Waals surface area contributed by atoms with Crippen LogP contribution < -0.4 is 15.4 Å². The maximum atomic E-state index is 13.6. The molecule has 356 valence electrons. The van der Waals surface area contributed by atoms with Crippen molar-refractivity contribution in [2.45, 2.75) is 137 Å². The quantitative estimate of drug-likeness (QED) is 0.109. The number of methoxy groups -OCH3 is 1. The maximum Gasteiger partial charge on any atom is 0.410 e. The van der Waals surface area contributed by atoms with Crippen molar-refractivity contribution in [3.8, 4) is 28.4 Å². The first kappa shape index (κ1) is 51.1. The van der Waals surface area contributed by atoms with Gasteiger partial charge in [0, 0.05) is 60.3 Å². The minimum Gasteiger partial charge on any atom is -0.481 e. The van der Waals surface area contributed by atoms with Crippen molar-refractivity contribution in [2.24, 2.45) is 0 Å². The van der Waals surface area contributed by atoms with Crippen molar-refractivity contribution in [3.63, 3.8) is 0 Å². The van der Waals surface area contributed by atoms with Crippen LogP contribution in [-0.2, 0) is 31.8 Å². The van der Waals surface area contributed by atoms with Gasteiger partial charge in [0.25, 0.3) is 5.91 Å². The molecule has 5 rings (SSSR count). The lowest BCUT2D eigenvalue weighted by molar-refractivity contribution is -0.119. The van der Waals surface area contributed by atoms with Gasteiger partial charge in [0.15, 0.2) is 8.32 Å². The topological polar surface area (TPSA) is 174 Å². The van der Waals surface area contributed by atoms with Crippen molar-refractivity contribution in [2.75, 3.05) is 32.1 Å². The highest BCUT2D eigenvalue weighted by molar-refractivity contribution is 6.74. The summed E-state index contributed by atoms with van der Waals surface area (Å²) in [7, 11) is -0.494. The molecule has 1 aliphatic heterocycles. The van der Waals surface area contributed by atoms with Gasteiger partial charge in [-0.3, -0.25) is 19.6 Å². The summed E-state index contributed by atoms with van der Waals surface area (Å²) in [6.45, 7) is 27.1. The number of carbonyl (C=O) groups excluding carboxylic acids is 4. The van der Waals surface area contributed by atoms with E-state index in [0.717, 1.165) is 27.8 Å². The Morgan fingerprint density at radius 1 is 0.833 bits per heavy atom. The van der Waals surface area contributed by atoms with E-state index in [-0.39, 0.29) is 48.2 Å². The lowest BCUT2D eigenvalue weighted by Gasteiger charge is -2.37. The number of rotatable bonds is 15. The molecule has 15 nitrogen and oxygen atoms in total. The van der Waals surface area contributed by atoms with Gasteiger partial charge in [-0.05, 0) is 127 Å². The molecule has 1 saturated heterocycles. The van der Waals surface area contributed by atoms with Gasteiger partial charge in [-0.2, -0.15) is 0 Å². The molecule has 66 heavy (non-hydrogen) atoms. The Kier molecular flexibility index (Phi) is 16.1. The van der Waals surface area contributed by atoms with Gasteiger partial charge in [-0.15, -0.1) is 0 Å². The Labute approximate surface area is 391 Å². The molecule has 0 aliphatic carbocycles. The fraction of sp³-hybridized carbons (Fsp3) is 0.500. The van der Waals surface area contributed by atoms with Crippen LogP contribution in [0.25, 0.3) is 22.5 Å². The van der Waals surface area contributed by atoms with E-state index in [0.29, 0.717) is 54.5 Å². The fourth-order valence-corrected chi connectivity index (χ4v) is 8.13. The van der Waals surface area contributed by atoms with E-state index in [1.165, 1.54) is 7.11 Å². The van der Waals surface area contributed by atoms with E-state index in [2.05, 4.69) is 49.5 Å². The number of hydrogen-bond donors (Lipinski definition) is 2. The van der Waals surface area contributed by atoms with Crippen molar-refractivity contribution in [1.82, 2.24) is 30.1 Å². The highest BCUT2D eigenvalue weighted by atomic mass is 28.4. The van der Waals surface area contributed by atoms with Gasteiger partial charge in [0.2, 0.25) is 11.8 Å². The van der Waals surface area contributed by atoms with E-state index < -0.39 is 31.7 Å². The third-order valence-electron chi connectivity index (χ3n) is 11.7. The Balaban J connectivity index is 1.32. The second-order valence-corrected chi connectivity index (χ2v) is 25.2. The summed E-state index contributed by atoms with van der Waals surface area (Å²) in [6, 6.07) is 14.6. The minimum atomic E-state index is -2.03. The Hall–Kier alpha value is -5.87. The predicted octanol–water partition coefficient (Wildman–Crippen LogP) is 9.86. The molecule has 4 amide bonds. The minimum absolute atomic E-state index is 0.0307. The molecular formula is C50H69N7O8Si. The average Bonchev–Trinajstić information content (AvgIpc) is 3.63. The third kappa shape index (κ3) is 13.6. The lowest BCUT2D eigenvalue weighted by atomic mass is 9.96. The van der Waals surface area contributed by atoms with Crippen LogP contribution in [0.1, 0.15) is 108 Å². The predicted molar refractivity (Wildman–Crippen MR) is 259 cm³/mol. The molecule has 3 aromatic heterocycles. The maximum absolute atomic E-state index is 13.6. The van der Waals surface area contributed by atoms with Crippen LogP contribution in [0.5, 0.6) is 5.88 Å². The van der Waals surface area contributed by atoms with Crippen LogP contribution in [0, 0.1) is 13.8 Å². The zero-order valence-electron chi connectivity index (χ0n) is 41.3. The summed E-state index contributed by atoms with van der Waals surface area (Å²) < 4.78 is 23.6. The van der Waals surface area contributed by atoms with Crippen LogP contribution in [0.15, 0.2) is 60.9 Å². The standard InChI is InChI=1S/C50H69N7O8Si/c1-32-38(16-15-17-39(32)54-44(59)41-21-18-34(28-52-41)29-56(46(60)64-48(3,4)5)26-27-63-66(13,14)50(9,10)11)43-33(2)37(24-25-51-43)40-22-19-35(45(55-40)62-12)30-57(47(61)65-49(6,7)8)31-36-20-23-42(58)53-36/h15-19,21-22,24-25,28,36H,20,23,26-27,29-31H2,1-14H3,(H,53,58)(H,54,59)/t36-/m0/s1. The number of hydrogen-bond acceptors (Lipinski definition) is 11. The molecule has 2 N–H and O–H groups in total. The number of pyridine rings is 3.